The number of ether oxygens (including phenoxy) is 1. The number of urea groups is 1. The smallest absolute Gasteiger partial charge is 0.416 e. The van der Waals surface area contributed by atoms with Crippen LogP contribution in [0.15, 0.2) is 60.8 Å². The van der Waals surface area contributed by atoms with E-state index in [9.17, 15) is 22.8 Å². The van der Waals surface area contributed by atoms with Crippen LogP contribution < -0.4 is 20.7 Å². The van der Waals surface area contributed by atoms with Gasteiger partial charge in [0.15, 0.2) is 0 Å². The van der Waals surface area contributed by atoms with Crippen molar-refractivity contribution in [1.82, 2.24) is 10.3 Å². The zero-order valence-corrected chi connectivity index (χ0v) is 17.1. The zero-order valence-electron chi connectivity index (χ0n) is 17.1. The van der Waals surface area contributed by atoms with E-state index >= 15 is 0 Å². The number of hydrogen-bond acceptors (Lipinski definition) is 4. The molecule has 0 aliphatic heterocycles. The molecule has 3 amide bonds. The van der Waals surface area contributed by atoms with Gasteiger partial charge in [-0.2, -0.15) is 13.2 Å². The second-order valence-electron chi connectivity index (χ2n) is 6.75. The van der Waals surface area contributed by atoms with Crippen molar-refractivity contribution in [3.63, 3.8) is 0 Å². The molecule has 7 nitrogen and oxygen atoms in total. The Balaban J connectivity index is 1.63. The van der Waals surface area contributed by atoms with Crippen LogP contribution in [0.5, 0.6) is 11.5 Å². The SMILES string of the molecule is CNC(=O)c1cc(Oc2ccc(NC(=O)Nc3cc(C)cc(C(F)(F)F)c3)cc2)ccn1. The standard InChI is InChI=1S/C22H19F3N4O3/c1-13-9-14(22(23,24)25)11-16(10-13)29-21(31)28-15-3-5-17(6-4-15)32-18-7-8-27-19(12-18)20(30)26-2/h3-12H,1-2H3,(H,26,30)(H2,28,29,31). The third-order valence-electron chi connectivity index (χ3n) is 4.20. The molecule has 0 spiro atoms. The Bertz CT molecular complexity index is 1130. The summed E-state index contributed by atoms with van der Waals surface area (Å²) in [6.07, 6.45) is -3.07. The van der Waals surface area contributed by atoms with Crippen molar-refractivity contribution in [2.75, 3.05) is 17.7 Å². The van der Waals surface area contributed by atoms with E-state index in [-0.39, 0.29) is 17.3 Å². The topological polar surface area (TPSA) is 92.4 Å². The van der Waals surface area contributed by atoms with E-state index in [0.717, 1.165) is 12.1 Å². The maximum absolute atomic E-state index is 12.9. The quantitative estimate of drug-likeness (QED) is 0.504. The number of aryl methyl sites for hydroxylation is 1. The molecule has 0 saturated carbocycles. The number of amides is 3. The highest BCUT2D eigenvalue weighted by Gasteiger charge is 2.31. The number of nitrogens with zero attached hydrogens (tertiary/aromatic N) is 1. The molecule has 0 aliphatic carbocycles. The summed E-state index contributed by atoms with van der Waals surface area (Å²) < 4.78 is 44.5. The first-order chi connectivity index (χ1) is 15.1. The van der Waals surface area contributed by atoms with Crippen LogP contribution in [0.2, 0.25) is 0 Å². The van der Waals surface area contributed by atoms with Crippen LogP contribution in [-0.2, 0) is 6.18 Å². The van der Waals surface area contributed by atoms with Gasteiger partial charge in [0.25, 0.3) is 5.91 Å². The van der Waals surface area contributed by atoms with Crippen LogP contribution in [0.4, 0.5) is 29.3 Å². The molecular weight excluding hydrogens is 425 g/mol. The van der Waals surface area contributed by atoms with Gasteiger partial charge in [0, 0.05) is 30.7 Å². The molecule has 0 unspecified atom stereocenters. The van der Waals surface area contributed by atoms with E-state index in [2.05, 4.69) is 20.9 Å². The molecule has 2 aromatic carbocycles. The number of anilines is 2. The summed E-state index contributed by atoms with van der Waals surface area (Å²) in [6.45, 7) is 1.51. The van der Waals surface area contributed by atoms with Gasteiger partial charge in [-0.05, 0) is 61.0 Å². The van der Waals surface area contributed by atoms with E-state index in [1.807, 2.05) is 0 Å². The number of rotatable bonds is 5. The van der Waals surface area contributed by atoms with Crippen molar-refractivity contribution in [1.29, 1.82) is 0 Å². The van der Waals surface area contributed by atoms with Gasteiger partial charge in [0.1, 0.15) is 17.2 Å². The number of pyridine rings is 1. The molecule has 0 bridgehead atoms. The summed E-state index contributed by atoms with van der Waals surface area (Å²) in [6, 6.07) is 12.0. The molecule has 1 aromatic heterocycles. The molecule has 0 radical (unpaired) electrons. The summed E-state index contributed by atoms with van der Waals surface area (Å²) >= 11 is 0. The van der Waals surface area contributed by atoms with E-state index < -0.39 is 17.8 Å². The van der Waals surface area contributed by atoms with E-state index in [4.69, 9.17) is 4.74 Å². The van der Waals surface area contributed by atoms with Crippen LogP contribution in [0.3, 0.4) is 0 Å². The molecule has 3 rings (SSSR count). The van der Waals surface area contributed by atoms with E-state index in [1.54, 1.807) is 30.3 Å². The molecule has 3 N–H and O–H groups in total. The normalized spacial score (nSPS) is 10.9. The molecule has 166 valence electrons. The fourth-order valence-electron chi connectivity index (χ4n) is 2.78. The second kappa shape index (κ2) is 9.38. The lowest BCUT2D eigenvalue weighted by Crippen LogP contribution is -2.20. The van der Waals surface area contributed by atoms with Gasteiger partial charge in [-0.25, -0.2) is 4.79 Å². The third kappa shape index (κ3) is 5.97. The fraction of sp³-hybridized carbons (Fsp3) is 0.136. The molecule has 0 fully saturated rings. The van der Waals surface area contributed by atoms with Crippen molar-refractivity contribution >= 4 is 23.3 Å². The predicted molar refractivity (Wildman–Crippen MR) is 113 cm³/mol. The highest BCUT2D eigenvalue weighted by atomic mass is 19.4. The summed E-state index contributed by atoms with van der Waals surface area (Å²) in [4.78, 5) is 27.8. The van der Waals surface area contributed by atoms with Gasteiger partial charge in [-0.3, -0.25) is 9.78 Å². The maximum Gasteiger partial charge on any atom is 0.416 e. The Labute approximate surface area is 181 Å². The minimum absolute atomic E-state index is 0.0272. The first kappa shape index (κ1) is 22.6. The van der Waals surface area contributed by atoms with Crippen LogP contribution in [0.25, 0.3) is 0 Å². The first-order valence-corrected chi connectivity index (χ1v) is 9.37. The van der Waals surface area contributed by atoms with Gasteiger partial charge >= 0.3 is 12.2 Å². The Hall–Kier alpha value is -4.08. The Morgan fingerprint density at radius 1 is 0.906 bits per heavy atom. The minimum atomic E-state index is -4.51. The molecule has 1 heterocycles. The van der Waals surface area contributed by atoms with Crippen molar-refractivity contribution in [2.45, 2.75) is 13.1 Å². The Kier molecular flexibility index (Phi) is 6.62. The summed E-state index contributed by atoms with van der Waals surface area (Å²) in [5, 5.41) is 7.41. The van der Waals surface area contributed by atoms with Crippen LogP contribution in [0.1, 0.15) is 21.6 Å². The highest BCUT2D eigenvalue weighted by Crippen LogP contribution is 2.32. The van der Waals surface area contributed by atoms with Gasteiger partial charge < -0.3 is 20.7 Å². The fourth-order valence-corrected chi connectivity index (χ4v) is 2.78. The number of halogens is 3. The monoisotopic (exact) mass is 444 g/mol. The highest BCUT2D eigenvalue weighted by molar-refractivity contribution is 5.99. The Morgan fingerprint density at radius 2 is 1.59 bits per heavy atom. The largest absolute Gasteiger partial charge is 0.457 e. The number of nitrogens with one attached hydrogen (secondary N) is 3. The van der Waals surface area contributed by atoms with Crippen LogP contribution in [0, 0.1) is 6.92 Å². The van der Waals surface area contributed by atoms with E-state index in [0.29, 0.717) is 22.7 Å². The van der Waals surface area contributed by atoms with Crippen molar-refractivity contribution in [3.05, 3.63) is 77.6 Å². The van der Waals surface area contributed by atoms with Gasteiger partial charge in [-0.15, -0.1) is 0 Å². The van der Waals surface area contributed by atoms with Crippen molar-refractivity contribution in [2.24, 2.45) is 0 Å². The number of benzene rings is 2. The van der Waals surface area contributed by atoms with E-state index in [1.165, 1.54) is 32.3 Å². The van der Waals surface area contributed by atoms with Crippen LogP contribution >= 0.6 is 0 Å². The lowest BCUT2D eigenvalue weighted by molar-refractivity contribution is -0.137. The summed E-state index contributed by atoms with van der Waals surface area (Å²) in [7, 11) is 1.49. The molecule has 0 aliphatic rings. The van der Waals surface area contributed by atoms with Crippen molar-refractivity contribution in [3.8, 4) is 11.5 Å². The molecule has 0 saturated heterocycles. The number of hydrogen-bond donors (Lipinski definition) is 3. The van der Waals surface area contributed by atoms with Crippen molar-refractivity contribution < 1.29 is 27.5 Å². The minimum Gasteiger partial charge on any atom is -0.457 e. The number of alkyl halides is 3. The third-order valence-corrected chi connectivity index (χ3v) is 4.20. The van der Waals surface area contributed by atoms with Crippen LogP contribution in [-0.4, -0.2) is 24.0 Å². The maximum atomic E-state index is 12.9. The lowest BCUT2D eigenvalue weighted by atomic mass is 10.1. The number of aromatic nitrogens is 1. The summed E-state index contributed by atoms with van der Waals surface area (Å²) in [5.74, 6) is 0.493. The summed E-state index contributed by atoms with van der Waals surface area (Å²) in [5.41, 5.74) is 0.154. The predicted octanol–water partition coefficient (Wildman–Crippen LogP) is 5.20. The Morgan fingerprint density at radius 3 is 2.25 bits per heavy atom. The molecule has 3 aromatic rings. The molecule has 0 atom stereocenters. The average Bonchev–Trinajstić information content (AvgIpc) is 2.73. The molecule has 10 heteroatoms. The lowest BCUT2D eigenvalue weighted by Gasteiger charge is -2.12. The zero-order chi connectivity index (χ0) is 23.3. The van der Waals surface area contributed by atoms with Gasteiger partial charge in [0.2, 0.25) is 0 Å². The average molecular weight is 444 g/mol. The molecular formula is C22H19F3N4O3. The number of carbonyl (C=O) groups excluding carboxylic acids is 2. The number of carbonyl (C=O) groups is 2. The second-order valence-corrected chi connectivity index (χ2v) is 6.75. The van der Waals surface area contributed by atoms with Gasteiger partial charge in [0.05, 0.1) is 5.56 Å². The first-order valence-electron chi connectivity index (χ1n) is 9.37. The van der Waals surface area contributed by atoms with Gasteiger partial charge in [-0.1, -0.05) is 0 Å². The molecule has 32 heavy (non-hydrogen) atoms.